The fourth-order valence-electron chi connectivity index (χ4n) is 1.38. The highest BCUT2D eigenvalue weighted by atomic mass is 79.9. The molecule has 0 fully saturated rings. The lowest BCUT2D eigenvalue weighted by Gasteiger charge is -2.06. The van der Waals surface area contributed by atoms with Gasteiger partial charge in [-0.2, -0.15) is 0 Å². The van der Waals surface area contributed by atoms with Crippen LogP contribution in [0.2, 0.25) is 0 Å². The summed E-state index contributed by atoms with van der Waals surface area (Å²) in [5, 5.41) is 6.42. The van der Waals surface area contributed by atoms with E-state index in [1.807, 2.05) is 25.1 Å². The number of carbonyl (C=O) groups excluding carboxylic acids is 1. The van der Waals surface area contributed by atoms with E-state index in [4.69, 9.17) is 4.52 Å². The first-order valence-corrected chi connectivity index (χ1v) is 5.86. The van der Waals surface area contributed by atoms with Crippen LogP contribution in [0.4, 0.5) is 5.69 Å². The molecular formula is C12H11BrN2O2. The molecule has 0 aliphatic rings. The summed E-state index contributed by atoms with van der Waals surface area (Å²) in [6, 6.07) is 7.29. The van der Waals surface area contributed by atoms with E-state index >= 15 is 0 Å². The van der Waals surface area contributed by atoms with Crippen molar-refractivity contribution in [3.05, 3.63) is 45.8 Å². The number of benzene rings is 1. The van der Waals surface area contributed by atoms with Crippen LogP contribution < -0.4 is 5.32 Å². The second kappa shape index (κ2) is 4.71. The van der Waals surface area contributed by atoms with Crippen LogP contribution in [-0.4, -0.2) is 11.1 Å². The van der Waals surface area contributed by atoms with Crippen molar-refractivity contribution in [1.29, 1.82) is 0 Å². The van der Waals surface area contributed by atoms with Gasteiger partial charge in [0, 0.05) is 10.5 Å². The van der Waals surface area contributed by atoms with Gasteiger partial charge in [0.1, 0.15) is 5.76 Å². The predicted octanol–water partition coefficient (Wildman–Crippen LogP) is 3.31. The van der Waals surface area contributed by atoms with Crippen molar-refractivity contribution in [2.24, 2.45) is 0 Å². The molecule has 1 heterocycles. The Morgan fingerprint density at radius 1 is 1.35 bits per heavy atom. The number of carbonyl (C=O) groups is 1. The monoisotopic (exact) mass is 294 g/mol. The molecule has 1 aromatic heterocycles. The van der Waals surface area contributed by atoms with Gasteiger partial charge in [0.05, 0.1) is 5.69 Å². The average Bonchev–Trinajstić information content (AvgIpc) is 2.69. The Balaban J connectivity index is 2.18. The quantitative estimate of drug-likeness (QED) is 0.924. The van der Waals surface area contributed by atoms with E-state index in [9.17, 15) is 4.79 Å². The van der Waals surface area contributed by atoms with Crippen LogP contribution in [0.3, 0.4) is 0 Å². The van der Waals surface area contributed by atoms with Crippen LogP contribution in [0.1, 0.15) is 21.8 Å². The van der Waals surface area contributed by atoms with Crippen LogP contribution in [0, 0.1) is 13.8 Å². The van der Waals surface area contributed by atoms with Crippen LogP contribution in [0.5, 0.6) is 0 Å². The molecule has 0 aliphatic heterocycles. The number of rotatable bonds is 2. The number of anilines is 1. The van der Waals surface area contributed by atoms with E-state index in [0.29, 0.717) is 11.4 Å². The molecule has 0 saturated heterocycles. The lowest BCUT2D eigenvalue weighted by atomic mass is 10.2. The van der Waals surface area contributed by atoms with Crippen molar-refractivity contribution < 1.29 is 9.32 Å². The molecule has 17 heavy (non-hydrogen) atoms. The maximum atomic E-state index is 11.8. The molecule has 2 aromatic rings. The van der Waals surface area contributed by atoms with Gasteiger partial charge in [-0.05, 0) is 47.5 Å². The van der Waals surface area contributed by atoms with E-state index in [-0.39, 0.29) is 11.6 Å². The topological polar surface area (TPSA) is 55.1 Å². The summed E-state index contributed by atoms with van der Waals surface area (Å²) in [4.78, 5) is 11.8. The fourth-order valence-corrected chi connectivity index (χ4v) is 1.97. The molecule has 0 spiro atoms. The number of hydrogen-bond donors (Lipinski definition) is 1. The minimum absolute atomic E-state index is 0.273. The molecule has 0 atom stereocenters. The molecule has 2 rings (SSSR count). The van der Waals surface area contributed by atoms with Crippen LogP contribution >= 0.6 is 15.9 Å². The zero-order valence-electron chi connectivity index (χ0n) is 9.45. The third-order valence-electron chi connectivity index (χ3n) is 2.23. The molecular weight excluding hydrogens is 284 g/mol. The first-order valence-electron chi connectivity index (χ1n) is 5.07. The maximum Gasteiger partial charge on any atom is 0.277 e. The van der Waals surface area contributed by atoms with Gasteiger partial charge in [-0.1, -0.05) is 11.2 Å². The number of aromatic nitrogens is 1. The van der Waals surface area contributed by atoms with Crippen molar-refractivity contribution in [3.8, 4) is 0 Å². The minimum atomic E-state index is -0.286. The van der Waals surface area contributed by atoms with E-state index in [1.54, 1.807) is 13.0 Å². The van der Waals surface area contributed by atoms with Gasteiger partial charge in [-0.25, -0.2) is 0 Å². The lowest BCUT2D eigenvalue weighted by molar-refractivity contribution is 0.101. The molecule has 5 heteroatoms. The number of amides is 1. The van der Waals surface area contributed by atoms with Gasteiger partial charge in [-0.15, -0.1) is 0 Å². The van der Waals surface area contributed by atoms with E-state index in [2.05, 4.69) is 26.4 Å². The zero-order chi connectivity index (χ0) is 12.4. The summed E-state index contributed by atoms with van der Waals surface area (Å²) in [6.07, 6.45) is 0. The predicted molar refractivity (Wildman–Crippen MR) is 68.1 cm³/mol. The lowest BCUT2D eigenvalue weighted by Crippen LogP contribution is -2.12. The summed E-state index contributed by atoms with van der Waals surface area (Å²) < 4.78 is 5.69. The van der Waals surface area contributed by atoms with Crippen LogP contribution in [0.25, 0.3) is 0 Å². The van der Waals surface area contributed by atoms with Gasteiger partial charge in [0.2, 0.25) is 0 Å². The summed E-state index contributed by atoms with van der Waals surface area (Å²) in [5.41, 5.74) is 2.10. The summed E-state index contributed by atoms with van der Waals surface area (Å²) in [5.74, 6) is 0.324. The van der Waals surface area contributed by atoms with Crippen molar-refractivity contribution in [2.45, 2.75) is 13.8 Å². The highest BCUT2D eigenvalue weighted by molar-refractivity contribution is 9.10. The van der Waals surface area contributed by atoms with Crippen molar-refractivity contribution in [2.75, 3.05) is 5.32 Å². The van der Waals surface area contributed by atoms with Gasteiger partial charge >= 0.3 is 0 Å². The number of halogens is 1. The Kier molecular flexibility index (Phi) is 3.28. The first kappa shape index (κ1) is 11.9. The molecule has 0 aliphatic carbocycles. The number of aryl methyl sites for hydroxylation is 2. The summed E-state index contributed by atoms with van der Waals surface area (Å²) in [7, 11) is 0. The Morgan fingerprint density at radius 2 is 2.12 bits per heavy atom. The van der Waals surface area contributed by atoms with E-state index in [1.165, 1.54) is 0 Å². The number of nitrogens with one attached hydrogen (secondary N) is 1. The molecule has 4 nitrogen and oxygen atoms in total. The largest absolute Gasteiger partial charge is 0.361 e. The molecule has 1 aromatic carbocycles. The fraction of sp³-hybridized carbons (Fsp3) is 0.167. The Labute approximate surface area is 107 Å². The maximum absolute atomic E-state index is 11.8. The van der Waals surface area contributed by atoms with Gasteiger partial charge in [0.25, 0.3) is 5.91 Å². The molecule has 0 saturated carbocycles. The standard InChI is InChI=1S/C12H11BrN2O2/c1-7-3-4-10(9(13)5-7)14-12(16)11-6-8(2)17-15-11/h3-6H,1-2H3,(H,14,16). The van der Waals surface area contributed by atoms with Crippen molar-refractivity contribution >= 4 is 27.5 Å². The SMILES string of the molecule is Cc1ccc(NC(=O)c2cc(C)on2)c(Br)c1. The Bertz CT molecular complexity index is 563. The van der Waals surface area contributed by atoms with Gasteiger partial charge in [-0.3, -0.25) is 4.79 Å². The second-order valence-corrected chi connectivity index (χ2v) is 4.61. The molecule has 88 valence electrons. The Morgan fingerprint density at radius 3 is 2.71 bits per heavy atom. The average molecular weight is 295 g/mol. The van der Waals surface area contributed by atoms with E-state index in [0.717, 1.165) is 10.0 Å². The summed E-state index contributed by atoms with van der Waals surface area (Å²) >= 11 is 3.39. The van der Waals surface area contributed by atoms with Crippen molar-refractivity contribution in [1.82, 2.24) is 5.16 Å². The molecule has 1 amide bonds. The minimum Gasteiger partial charge on any atom is -0.361 e. The zero-order valence-corrected chi connectivity index (χ0v) is 11.0. The second-order valence-electron chi connectivity index (χ2n) is 3.76. The first-order chi connectivity index (χ1) is 8.06. The van der Waals surface area contributed by atoms with E-state index < -0.39 is 0 Å². The molecule has 0 bridgehead atoms. The highest BCUT2D eigenvalue weighted by Gasteiger charge is 2.12. The molecule has 1 N–H and O–H groups in total. The molecule has 0 radical (unpaired) electrons. The van der Waals surface area contributed by atoms with Gasteiger partial charge < -0.3 is 9.84 Å². The van der Waals surface area contributed by atoms with Gasteiger partial charge in [0.15, 0.2) is 5.69 Å². The molecule has 0 unspecified atom stereocenters. The number of nitrogens with zero attached hydrogens (tertiary/aromatic N) is 1. The normalized spacial score (nSPS) is 10.3. The Hall–Kier alpha value is -1.62. The number of hydrogen-bond acceptors (Lipinski definition) is 3. The summed E-state index contributed by atoms with van der Waals surface area (Å²) in [6.45, 7) is 3.73. The highest BCUT2D eigenvalue weighted by Crippen LogP contribution is 2.23. The smallest absolute Gasteiger partial charge is 0.277 e. The third-order valence-corrected chi connectivity index (χ3v) is 2.89. The van der Waals surface area contributed by atoms with Crippen LogP contribution in [-0.2, 0) is 0 Å². The van der Waals surface area contributed by atoms with Crippen LogP contribution in [0.15, 0.2) is 33.3 Å². The third kappa shape index (κ3) is 2.74. The van der Waals surface area contributed by atoms with Crippen molar-refractivity contribution in [3.63, 3.8) is 0 Å².